The van der Waals surface area contributed by atoms with Crippen LogP contribution in [-0.2, 0) is 0 Å². The minimum absolute atomic E-state index is 0.476. The second-order valence-corrected chi connectivity index (χ2v) is 7.41. The van der Waals surface area contributed by atoms with Crippen LogP contribution < -0.4 is 5.73 Å². The van der Waals surface area contributed by atoms with E-state index in [-0.39, 0.29) is 0 Å². The first-order valence-electron chi connectivity index (χ1n) is 7.93. The number of aryl methyl sites for hydroxylation is 1. The Labute approximate surface area is 115 Å². The van der Waals surface area contributed by atoms with Crippen molar-refractivity contribution in [3.8, 4) is 0 Å². The smallest absolute Gasteiger partial charge is 0.124 e. The van der Waals surface area contributed by atoms with E-state index in [1.165, 1.54) is 32.1 Å². The van der Waals surface area contributed by atoms with E-state index in [1.54, 1.807) is 0 Å². The molecule has 104 valence electrons. The molecule has 3 nitrogen and oxygen atoms in total. The lowest BCUT2D eigenvalue weighted by molar-refractivity contribution is -0.0567. The molecule has 4 aliphatic carbocycles. The Morgan fingerprint density at radius 2 is 1.74 bits per heavy atom. The van der Waals surface area contributed by atoms with Crippen molar-refractivity contribution in [2.45, 2.75) is 52.0 Å². The molecule has 4 bridgehead atoms. The molecule has 0 saturated heterocycles. The maximum absolute atomic E-state index is 6.20. The van der Waals surface area contributed by atoms with E-state index in [2.05, 4.69) is 23.6 Å². The number of rotatable bonds is 2. The van der Waals surface area contributed by atoms with Crippen molar-refractivity contribution in [1.82, 2.24) is 9.78 Å². The van der Waals surface area contributed by atoms with E-state index >= 15 is 0 Å². The van der Waals surface area contributed by atoms with E-state index in [1.807, 2.05) is 6.20 Å². The Hall–Kier alpha value is -0.990. The van der Waals surface area contributed by atoms with Crippen molar-refractivity contribution in [3.05, 3.63) is 11.8 Å². The van der Waals surface area contributed by atoms with Gasteiger partial charge in [-0.15, -0.1) is 0 Å². The van der Waals surface area contributed by atoms with E-state index in [0.717, 1.165) is 41.0 Å². The van der Waals surface area contributed by atoms with Crippen LogP contribution in [0.3, 0.4) is 0 Å². The molecule has 0 aliphatic heterocycles. The molecular weight excluding hydrogens is 234 g/mol. The minimum Gasteiger partial charge on any atom is -0.384 e. The molecule has 1 heterocycles. The van der Waals surface area contributed by atoms with E-state index in [9.17, 15) is 0 Å². The highest BCUT2D eigenvalue weighted by Crippen LogP contribution is 2.59. The molecule has 1 aromatic rings. The Morgan fingerprint density at radius 1 is 1.16 bits per heavy atom. The molecule has 4 fully saturated rings. The van der Waals surface area contributed by atoms with Crippen molar-refractivity contribution in [3.63, 3.8) is 0 Å². The van der Waals surface area contributed by atoms with Gasteiger partial charge in [0.15, 0.2) is 0 Å². The maximum atomic E-state index is 6.20. The summed E-state index contributed by atoms with van der Waals surface area (Å²) < 4.78 is 2.10. The highest BCUT2D eigenvalue weighted by atomic mass is 15.3. The number of nitrogens with zero attached hydrogens (tertiary/aromatic N) is 2. The van der Waals surface area contributed by atoms with E-state index < -0.39 is 0 Å². The standard InChI is InChI=1S/C16H25N3/c1-9-8-18-19(16(9)17)10(2)15-13-4-11-3-12(6-13)7-14(15)5-11/h8,10-15H,3-7,17H2,1-2H3. The molecule has 1 aromatic heterocycles. The van der Waals surface area contributed by atoms with Crippen molar-refractivity contribution < 1.29 is 0 Å². The fourth-order valence-corrected chi connectivity index (χ4v) is 5.70. The third kappa shape index (κ3) is 1.66. The van der Waals surface area contributed by atoms with Crippen LogP contribution in [-0.4, -0.2) is 9.78 Å². The lowest BCUT2D eigenvalue weighted by Gasteiger charge is -2.56. The Bertz CT molecular complexity index is 462. The van der Waals surface area contributed by atoms with E-state index in [4.69, 9.17) is 5.73 Å². The molecule has 4 aliphatic rings. The highest BCUT2D eigenvalue weighted by molar-refractivity contribution is 5.37. The normalized spacial score (nSPS) is 41.7. The van der Waals surface area contributed by atoms with Gasteiger partial charge in [0, 0.05) is 5.56 Å². The van der Waals surface area contributed by atoms with Gasteiger partial charge in [-0.05, 0) is 75.5 Å². The van der Waals surface area contributed by atoms with Crippen LogP contribution >= 0.6 is 0 Å². The van der Waals surface area contributed by atoms with Crippen molar-refractivity contribution >= 4 is 5.82 Å². The van der Waals surface area contributed by atoms with E-state index in [0.29, 0.717) is 6.04 Å². The van der Waals surface area contributed by atoms with Gasteiger partial charge in [0.05, 0.1) is 12.2 Å². The summed E-state index contributed by atoms with van der Waals surface area (Å²) in [6.07, 6.45) is 9.34. The van der Waals surface area contributed by atoms with Crippen LogP contribution in [0.25, 0.3) is 0 Å². The Morgan fingerprint density at radius 3 is 2.21 bits per heavy atom. The summed E-state index contributed by atoms with van der Waals surface area (Å²) in [5.41, 5.74) is 7.32. The SMILES string of the molecule is Cc1cnn(C(C)C2C3CC4CC(C3)CC2C4)c1N. The summed E-state index contributed by atoms with van der Waals surface area (Å²) >= 11 is 0. The zero-order valence-corrected chi connectivity index (χ0v) is 12.0. The topological polar surface area (TPSA) is 43.8 Å². The first-order valence-corrected chi connectivity index (χ1v) is 7.93. The monoisotopic (exact) mass is 259 g/mol. The molecule has 1 unspecified atom stereocenters. The lowest BCUT2D eigenvalue weighted by Crippen LogP contribution is -2.47. The predicted molar refractivity (Wildman–Crippen MR) is 76.6 cm³/mol. The first kappa shape index (κ1) is 11.8. The summed E-state index contributed by atoms with van der Waals surface area (Å²) in [6, 6.07) is 0.476. The molecule has 19 heavy (non-hydrogen) atoms. The molecule has 2 N–H and O–H groups in total. The van der Waals surface area contributed by atoms with Gasteiger partial charge in [0.25, 0.3) is 0 Å². The number of hydrogen-bond acceptors (Lipinski definition) is 2. The highest BCUT2D eigenvalue weighted by Gasteiger charge is 2.50. The fourth-order valence-electron chi connectivity index (χ4n) is 5.70. The lowest BCUT2D eigenvalue weighted by atomic mass is 9.50. The zero-order chi connectivity index (χ0) is 13.1. The number of hydrogen-bond donors (Lipinski definition) is 1. The third-order valence-electron chi connectivity index (χ3n) is 6.27. The second kappa shape index (κ2) is 4.00. The largest absolute Gasteiger partial charge is 0.384 e. The molecule has 0 radical (unpaired) electrons. The third-order valence-corrected chi connectivity index (χ3v) is 6.27. The van der Waals surface area contributed by atoms with Crippen LogP contribution in [0.5, 0.6) is 0 Å². The van der Waals surface area contributed by atoms with Crippen LogP contribution in [0.15, 0.2) is 6.20 Å². The number of anilines is 1. The molecule has 4 saturated carbocycles. The molecule has 1 atom stereocenters. The summed E-state index contributed by atoms with van der Waals surface area (Å²) in [7, 11) is 0. The van der Waals surface area contributed by atoms with Crippen LogP contribution in [0.4, 0.5) is 5.82 Å². The molecule has 0 amide bonds. The Balaban J connectivity index is 1.64. The summed E-state index contributed by atoms with van der Waals surface area (Å²) in [5, 5.41) is 4.54. The van der Waals surface area contributed by atoms with Gasteiger partial charge in [-0.25, -0.2) is 4.68 Å². The van der Waals surface area contributed by atoms with Gasteiger partial charge < -0.3 is 5.73 Å². The minimum atomic E-state index is 0.476. The van der Waals surface area contributed by atoms with Gasteiger partial charge in [0.1, 0.15) is 5.82 Å². The summed E-state index contributed by atoms with van der Waals surface area (Å²) in [6.45, 7) is 4.40. The Kier molecular flexibility index (Phi) is 2.49. The van der Waals surface area contributed by atoms with Crippen LogP contribution in [0, 0.1) is 36.5 Å². The first-order chi connectivity index (χ1) is 9.13. The quantitative estimate of drug-likeness (QED) is 0.884. The molecule has 5 rings (SSSR count). The summed E-state index contributed by atoms with van der Waals surface area (Å²) in [5.74, 6) is 5.66. The number of aromatic nitrogens is 2. The van der Waals surface area contributed by atoms with Crippen molar-refractivity contribution in [2.24, 2.45) is 29.6 Å². The average molecular weight is 259 g/mol. The number of nitrogens with two attached hydrogens (primary N) is 1. The fraction of sp³-hybridized carbons (Fsp3) is 0.812. The summed E-state index contributed by atoms with van der Waals surface area (Å²) in [4.78, 5) is 0. The van der Waals surface area contributed by atoms with Crippen molar-refractivity contribution in [2.75, 3.05) is 5.73 Å². The molecule has 3 heteroatoms. The van der Waals surface area contributed by atoms with Gasteiger partial charge in [-0.2, -0.15) is 5.10 Å². The second-order valence-electron chi connectivity index (χ2n) is 7.41. The van der Waals surface area contributed by atoms with Crippen LogP contribution in [0.2, 0.25) is 0 Å². The maximum Gasteiger partial charge on any atom is 0.124 e. The van der Waals surface area contributed by atoms with Gasteiger partial charge in [-0.3, -0.25) is 0 Å². The molecule has 0 spiro atoms. The predicted octanol–water partition coefficient (Wildman–Crippen LogP) is 3.41. The van der Waals surface area contributed by atoms with Crippen LogP contribution in [0.1, 0.15) is 50.6 Å². The molecular formula is C16H25N3. The zero-order valence-electron chi connectivity index (χ0n) is 12.0. The number of nitrogen functional groups attached to an aromatic ring is 1. The van der Waals surface area contributed by atoms with Gasteiger partial charge in [-0.1, -0.05) is 0 Å². The van der Waals surface area contributed by atoms with Gasteiger partial charge in [0.2, 0.25) is 0 Å². The average Bonchev–Trinajstić information content (AvgIpc) is 2.68. The van der Waals surface area contributed by atoms with Gasteiger partial charge >= 0.3 is 0 Å². The van der Waals surface area contributed by atoms with Crippen molar-refractivity contribution in [1.29, 1.82) is 0 Å². The molecule has 0 aromatic carbocycles.